The Kier molecular flexibility index (Phi) is 5.71. The van der Waals surface area contributed by atoms with Crippen LogP contribution in [0.15, 0.2) is 29.2 Å². The standard InChI is InChI=1S/C16H22N2O5S/c1-16(2,3)23-15(19)17-10-8-14(9-11-17)24(22)13-6-4-12(5-7-13)18(20)21/h4-7,14H,8-11H2,1-3H3. The molecule has 0 saturated carbocycles. The highest BCUT2D eigenvalue weighted by atomic mass is 32.2. The Balaban J connectivity index is 1.91. The summed E-state index contributed by atoms with van der Waals surface area (Å²) < 4.78 is 17.9. The van der Waals surface area contributed by atoms with Gasteiger partial charge < -0.3 is 14.2 Å². The number of benzene rings is 1. The van der Waals surface area contributed by atoms with Gasteiger partial charge in [-0.05, 0) is 44.1 Å². The quantitative estimate of drug-likeness (QED) is 0.472. The van der Waals surface area contributed by atoms with Crippen molar-refractivity contribution >= 4 is 23.0 Å². The molecule has 1 aromatic rings. The van der Waals surface area contributed by atoms with Crippen molar-refractivity contribution in [2.24, 2.45) is 0 Å². The zero-order valence-corrected chi connectivity index (χ0v) is 14.9. The van der Waals surface area contributed by atoms with Crippen molar-refractivity contribution in [3.8, 4) is 0 Å². The summed E-state index contributed by atoms with van der Waals surface area (Å²) in [6, 6.07) is 5.80. The molecule has 0 aromatic heterocycles. The highest BCUT2D eigenvalue weighted by Gasteiger charge is 2.33. The van der Waals surface area contributed by atoms with Crippen molar-refractivity contribution in [3.05, 3.63) is 34.4 Å². The van der Waals surface area contributed by atoms with Crippen molar-refractivity contribution < 1.29 is 19.0 Å². The molecule has 0 aliphatic carbocycles. The van der Waals surface area contributed by atoms with E-state index >= 15 is 0 Å². The van der Waals surface area contributed by atoms with Crippen LogP contribution in [0.2, 0.25) is 0 Å². The van der Waals surface area contributed by atoms with Crippen molar-refractivity contribution in [2.75, 3.05) is 13.1 Å². The number of carbonyl (C=O) groups excluding carboxylic acids is 1. The highest BCUT2D eigenvalue weighted by molar-refractivity contribution is 7.92. The summed E-state index contributed by atoms with van der Waals surface area (Å²) in [5.41, 5.74) is -0.550. The summed E-state index contributed by atoms with van der Waals surface area (Å²) in [5.74, 6) is 0. The predicted octanol–water partition coefficient (Wildman–Crippen LogP) is 3.10. The second-order valence-corrected chi connectivity index (χ2v) is 8.45. The van der Waals surface area contributed by atoms with E-state index in [4.69, 9.17) is 4.74 Å². The number of hydrogen-bond donors (Lipinski definition) is 0. The van der Waals surface area contributed by atoms with E-state index in [-0.39, 0.29) is 17.0 Å². The summed E-state index contributed by atoms with van der Waals surface area (Å²) in [6.07, 6.45) is 0.883. The van der Waals surface area contributed by atoms with Gasteiger partial charge in [-0.2, -0.15) is 0 Å². The van der Waals surface area contributed by atoms with E-state index in [1.165, 1.54) is 24.3 Å². The molecule has 1 amide bonds. The molecule has 0 spiro atoms. The van der Waals surface area contributed by atoms with Crippen LogP contribution in [-0.2, 0) is 15.9 Å². The van der Waals surface area contributed by atoms with Gasteiger partial charge >= 0.3 is 6.09 Å². The second-order valence-electron chi connectivity index (χ2n) is 6.72. The number of ether oxygens (including phenoxy) is 1. The SMILES string of the molecule is CC(C)(C)OC(=O)N1CCC([S+]([O-])c2ccc([N+](=O)[O-])cc2)CC1. The molecule has 7 nitrogen and oxygen atoms in total. The van der Waals surface area contributed by atoms with Crippen LogP contribution in [0.5, 0.6) is 0 Å². The molecule has 1 heterocycles. The molecule has 0 N–H and O–H groups in total. The first-order chi connectivity index (χ1) is 11.2. The largest absolute Gasteiger partial charge is 0.611 e. The number of hydrogen-bond acceptors (Lipinski definition) is 5. The van der Waals surface area contributed by atoms with E-state index in [2.05, 4.69) is 0 Å². The lowest BCUT2D eigenvalue weighted by Crippen LogP contribution is -2.44. The maximum Gasteiger partial charge on any atom is 0.410 e. The van der Waals surface area contributed by atoms with Crippen LogP contribution in [0.3, 0.4) is 0 Å². The molecule has 1 aliphatic rings. The lowest BCUT2D eigenvalue weighted by molar-refractivity contribution is -0.384. The first kappa shape index (κ1) is 18.5. The molecule has 1 saturated heterocycles. The minimum atomic E-state index is -1.24. The number of rotatable bonds is 3. The number of piperidine rings is 1. The first-order valence-corrected chi connectivity index (χ1v) is 9.01. The Hall–Kier alpha value is -1.80. The Morgan fingerprint density at radius 3 is 2.25 bits per heavy atom. The average molecular weight is 354 g/mol. The van der Waals surface area contributed by atoms with Crippen LogP contribution in [0.25, 0.3) is 0 Å². The van der Waals surface area contributed by atoms with Crippen molar-refractivity contribution in [3.63, 3.8) is 0 Å². The normalized spacial score (nSPS) is 17.4. The molecule has 1 aromatic carbocycles. The summed E-state index contributed by atoms with van der Waals surface area (Å²) >= 11 is -1.24. The number of nitro groups is 1. The molecule has 1 aliphatic heterocycles. The minimum absolute atomic E-state index is 0.0181. The van der Waals surface area contributed by atoms with Crippen LogP contribution in [0, 0.1) is 10.1 Å². The minimum Gasteiger partial charge on any atom is -0.611 e. The van der Waals surface area contributed by atoms with Gasteiger partial charge in [0.15, 0.2) is 4.90 Å². The van der Waals surface area contributed by atoms with Crippen LogP contribution in [0.4, 0.5) is 10.5 Å². The molecular formula is C16H22N2O5S. The summed E-state index contributed by atoms with van der Waals surface area (Å²) in [4.78, 5) is 24.4. The van der Waals surface area contributed by atoms with E-state index in [0.717, 1.165) is 0 Å². The fourth-order valence-electron chi connectivity index (χ4n) is 2.47. The van der Waals surface area contributed by atoms with Crippen molar-refractivity contribution in [1.82, 2.24) is 4.90 Å². The molecule has 2 rings (SSSR count). The smallest absolute Gasteiger partial charge is 0.410 e. The molecule has 1 atom stereocenters. The molecule has 8 heteroatoms. The number of carbonyl (C=O) groups is 1. The summed E-state index contributed by atoms with van der Waals surface area (Å²) in [5, 5.41) is 10.6. The predicted molar refractivity (Wildman–Crippen MR) is 90.3 cm³/mol. The van der Waals surface area contributed by atoms with Crippen molar-refractivity contribution in [1.29, 1.82) is 0 Å². The van der Waals surface area contributed by atoms with E-state index in [1.807, 2.05) is 20.8 Å². The zero-order valence-electron chi connectivity index (χ0n) is 14.1. The van der Waals surface area contributed by atoms with Crippen LogP contribution >= 0.6 is 0 Å². The number of nitrogens with zero attached hydrogens (tertiary/aromatic N) is 2. The van der Waals surface area contributed by atoms with E-state index in [0.29, 0.717) is 30.8 Å². The highest BCUT2D eigenvalue weighted by Crippen LogP contribution is 2.26. The van der Waals surface area contributed by atoms with Gasteiger partial charge in [-0.3, -0.25) is 10.1 Å². The number of likely N-dealkylation sites (tertiary alicyclic amines) is 1. The Bertz CT molecular complexity index is 591. The second kappa shape index (κ2) is 7.40. The van der Waals surface area contributed by atoms with Gasteiger partial charge in [-0.25, -0.2) is 4.79 Å². The third kappa shape index (κ3) is 4.85. The molecular weight excluding hydrogens is 332 g/mol. The molecule has 24 heavy (non-hydrogen) atoms. The van der Waals surface area contributed by atoms with Gasteiger partial charge in [0.1, 0.15) is 10.9 Å². The van der Waals surface area contributed by atoms with E-state index < -0.39 is 21.7 Å². The van der Waals surface area contributed by atoms with Gasteiger partial charge in [0.05, 0.1) is 4.92 Å². The Morgan fingerprint density at radius 1 is 1.25 bits per heavy atom. The molecule has 0 radical (unpaired) electrons. The lowest BCUT2D eigenvalue weighted by Gasteiger charge is -2.33. The number of amides is 1. The molecule has 1 fully saturated rings. The third-order valence-corrected chi connectivity index (χ3v) is 5.49. The molecule has 1 unspecified atom stereocenters. The summed E-state index contributed by atoms with van der Waals surface area (Å²) in [7, 11) is 0. The molecule has 132 valence electrons. The third-order valence-electron chi connectivity index (χ3n) is 3.68. The van der Waals surface area contributed by atoms with Crippen molar-refractivity contribution in [2.45, 2.75) is 49.4 Å². The zero-order chi connectivity index (χ0) is 17.9. The van der Waals surface area contributed by atoms with Crippen LogP contribution in [-0.4, -0.2) is 44.4 Å². The lowest BCUT2D eigenvalue weighted by atomic mass is 10.1. The van der Waals surface area contributed by atoms with E-state index in [1.54, 1.807) is 4.90 Å². The van der Waals surface area contributed by atoms with Gasteiger partial charge in [0.25, 0.3) is 5.69 Å². The summed E-state index contributed by atoms with van der Waals surface area (Å²) in [6.45, 7) is 6.46. The van der Waals surface area contributed by atoms with Crippen LogP contribution in [0.1, 0.15) is 33.6 Å². The van der Waals surface area contributed by atoms with Gasteiger partial charge in [-0.1, -0.05) is 0 Å². The first-order valence-electron chi connectivity index (χ1n) is 7.80. The Labute approximate surface area is 144 Å². The van der Waals surface area contributed by atoms with Gasteiger partial charge in [0, 0.05) is 38.1 Å². The maximum atomic E-state index is 12.6. The number of nitro benzene ring substituents is 1. The van der Waals surface area contributed by atoms with Crippen LogP contribution < -0.4 is 0 Å². The van der Waals surface area contributed by atoms with Gasteiger partial charge in [0.2, 0.25) is 0 Å². The van der Waals surface area contributed by atoms with E-state index in [9.17, 15) is 19.5 Å². The topological polar surface area (TPSA) is 95.7 Å². The average Bonchev–Trinajstić information content (AvgIpc) is 2.53. The fourth-order valence-corrected chi connectivity index (χ4v) is 3.90. The monoisotopic (exact) mass is 354 g/mol. The maximum absolute atomic E-state index is 12.6. The number of non-ortho nitro benzene ring substituents is 1. The van der Waals surface area contributed by atoms with Gasteiger partial charge in [-0.15, -0.1) is 0 Å². The molecule has 0 bridgehead atoms. The Morgan fingerprint density at radius 2 is 1.79 bits per heavy atom. The fraction of sp³-hybridized carbons (Fsp3) is 0.562.